The van der Waals surface area contributed by atoms with Crippen LogP contribution < -0.4 is 19.7 Å². The summed E-state index contributed by atoms with van der Waals surface area (Å²) in [7, 11) is 0. The molecule has 0 radical (unpaired) electrons. The molecule has 1 aromatic rings. The topological polar surface area (TPSA) is 52.0 Å². The van der Waals surface area contributed by atoms with Gasteiger partial charge in [0.25, 0.3) is 5.91 Å². The first-order valence-electron chi connectivity index (χ1n) is 11.7. The van der Waals surface area contributed by atoms with E-state index in [1.54, 1.807) is 0 Å². The van der Waals surface area contributed by atoms with Gasteiger partial charge in [0.15, 0.2) is 18.0 Å². The van der Waals surface area contributed by atoms with Crippen LogP contribution in [0.4, 0.5) is 0 Å². The van der Waals surface area contributed by atoms with Gasteiger partial charge in [-0.2, -0.15) is 0 Å². The number of carbonyl (C=O) groups excluding carboxylic acids is 1. The second-order valence-electron chi connectivity index (χ2n) is 10.4. The Morgan fingerprint density at radius 3 is 2.45 bits per heavy atom. The zero-order chi connectivity index (χ0) is 19.4. The summed E-state index contributed by atoms with van der Waals surface area (Å²) in [6, 6.07) is 6.73. The van der Waals surface area contributed by atoms with Crippen molar-refractivity contribution in [1.29, 1.82) is 0 Å². The number of carbonyl (C=O) groups is 1. The normalized spacial score (nSPS) is 39.5. The van der Waals surface area contributed by atoms with Crippen molar-refractivity contribution in [2.75, 3.05) is 26.3 Å². The van der Waals surface area contributed by atoms with E-state index in [0.717, 1.165) is 42.2 Å². The van der Waals surface area contributed by atoms with Crippen molar-refractivity contribution in [2.45, 2.75) is 62.9 Å². The molecule has 7 rings (SSSR count). The Morgan fingerprint density at radius 2 is 1.72 bits per heavy atom. The number of ether oxygens (including phenoxy) is 2. The van der Waals surface area contributed by atoms with Gasteiger partial charge in [0.1, 0.15) is 19.3 Å². The largest absolute Gasteiger partial charge is 0.486 e. The number of fused-ring (bicyclic) bond motifs is 1. The van der Waals surface area contributed by atoms with E-state index in [4.69, 9.17) is 9.47 Å². The van der Waals surface area contributed by atoms with Gasteiger partial charge in [-0.05, 0) is 74.5 Å². The van der Waals surface area contributed by atoms with Crippen LogP contribution in [0.2, 0.25) is 0 Å². The predicted molar refractivity (Wildman–Crippen MR) is 109 cm³/mol. The Bertz CT molecular complexity index is 772. The third kappa shape index (κ3) is 3.31. The Labute approximate surface area is 173 Å². The summed E-state index contributed by atoms with van der Waals surface area (Å²) < 4.78 is 11.5. The number of hydrogen-bond donors (Lipinski definition) is 2. The molecule has 0 spiro atoms. The second kappa shape index (κ2) is 6.90. The first-order valence-corrected chi connectivity index (χ1v) is 11.7. The van der Waals surface area contributed by atoms with Crippen LogP contribution in [0.5, 0.6) is 11.5 Å². The van der Waals surface area contributed by atoms with Crippen LogP contribution in [0.1, 0.15) is 63.0 Å². The van der Waals surface area contributed by atoms with E-state index in [2.05, 4.69) is 17.4 Å². The van der Waals surface area contributed by atoms with Gasteiger partial charge >= 0.3 is 0 Å². The molecule has 2 atom stereocenters. The first kappa shape index (κ1) is 18.1. The minimum absolute atomic E-state index is 0.123. The molecule has 0 aromatic heterocycles. The molecule has 4 bridgehead atoms. The van der Waals surface area contributed by atoms with Crippen LogP contribution in [0.3, 0.4) is 0 Å². The molecule has 1 unspecified atom stereocenters. The number of hydrogen-bond acceptors (Lipinski definition) is 3. The molecular weight excluding hydrogens is 364 g/mol. The third-order valence-electron chi connectivity index (χ3n) is 8.28. The first-order chi connectivity index (χ1) is 14.2. The lowest BCUT2D eigenvalue weighted by atomic mass is 9.53. The molecule has 4 aliphatic carbocycles. The fourth-order valence-corrected chi connectivity index (χ4v) is 7.61. The fraction of sp³-hybridized carbons (Fsp3) is 0.708. The van der Waals surface area contributed by atoms with Crippen molar-refractivity contribution in [2.24, 2.45) is 17.8 Å². The lowest BCUT2D eigenvalue weighted by molar-refractivity contribution is -0.910. The van der Waals surface area contributed by atoms with Crippen molar-refractivity contribution in [3.63, 3.8) is 0 Å². The Morgan fingerprint density at radius 1 is 1.03 bits per heavy atom. The van der Waals surface area contributed by atoms with Crippen LogP contribution in [0, 0.1) is 17.8 Å². The highest BCUT2D eigenvalue weighted by Gasteiger charge is 2.51. The maximum Gasteiger partial charge on any atom is 0.275 e. The molecule has 6 aliphatic rings. The van der Waals surface area contributed by atoms with Crippen LogP contribution in [0.25, 0.3) is 0 Å². The van der Waals surface area contributed by atoms with Crippen molar-refractivity contribution < 1.29 is 19.2 Å². The molecule has 1 saturated heterocycles. The molecule has 2 N–H and O–H groups in total. The zero-order valence-electron chi connectivity index (χ0n) is 17.3. The van der Waals surface area contributed by atoms with Gasteiger partial charge in [0.2, 0.25) is 0 Å². The van der Waals surface area contributed by atoms with Crippen LogP contribution in [-0.2, 0) is 4.79 Å². The Balaban J connectivity index is 1.14. The zero-order valence-corrected chi connectivity index (χ0v) is 17.3. The van der Waals surface area contributed by atoms with Gasteiger partial charge in [-0.3, -0.25) is 4.79 Å². The summed E-state index contributed by atoms with van der Waals surface area (Å²) >= 11 is 0. The molecule has 5 heteroatoms. The minimum atomic E-state index is 0.123. The minimum Gasteiger partial charge on any atom is -0.486 e. The number of amides is 1. The van der Waals surface area contributed by atoms with Crippen molar-refractivity contribution in [3.05, 3.63) is 23.8 Å². The highest BCUT2D eigenvalue weighted by Crippen LogP contribution is 2.55. The summed E-state index contributed by atoms with van der Waals surface area (Å²) in [6.45, 7) is 2.91. The molecule has 2 aliphatic heterocycles. The van der Waals surface area contributed by atoms with Gasteiger partial charge in [-0.15, -0.1) is 0 Å². The number of nitrogens with one attached hydrogen (secondary N) is 2. The van der Waals surface area contributed by atoms with E-state index in [9.17, 15) is 4.79 Å². The highest BCUT2D eigenvalue weighted by molar-refractivity contribution is 5.77. The molecular formula is C24H33N2O3+. The average molecular weight is 398 g/mol. The van der Waals surface area contributed by atoms with Gasteiger partial charge in [-0.1, -0.05) is 0 Å². The summed E-state index contributed by atoms with van der Waals surface area (Å²) in [6.07, 6.45) is 10.2. The summed E-state index contributed by atoms with van der Waals surface area (Å²) in [5.41, 5.74) is 1.40. The molecule has 5 fully saturated rings. The van der Waals surface area contributed by atoms with E-state index < -0.39 is 0 Å². The standard InChI is InChI=1S/C24H32N2O3/c27-23(25-24-12-16-8-17(13-24)10-18(9-16)14-24)15-26-5-1-2-20(26)19-3-4-21-22(11-19)29-7-6-28-21/h3-4,11,16-18,20H,1-2,5-10,12-15H2,(H,25,27)/p+1/t16?,17?,18?,20-,24?/m0/s1. The molecule has 1 aromatic carbocycles. The van der Waals surface area contributed by atoms with E-state index in [1.165, 1.54) is 55.4 Å². The van der Waals surface area contributed by atoms with E-state index >= 15 is 0 Å². The second-order valence-corrected chi connectivity index (χ2v) is 10.4. The van der Waals surface area contributed by atoms with Crippen molar-refractivity contribution >= 4 is 5.91 Å². The van der Waals surface area contributed by atoms with E-state index in [1.807, 2.05) is 6.07 Å². The lowest BCUT2D eigenvalue weighted by Crippen LogP contribution is -3.11. The quantitative estimate of drug-likeness (QED) is 0.820. The smallest absolute Gasteiger partial charge is 0.275 e. The van der Waals surface area contributed by atoms with Gasteiger partial charge in [-0.25, -0.2) is 0 Å². The predicted octanol–water partition coefficient (Wildman–Crippen LogP) is 2.26. The molecule has 5 nitrogen and oxygen atoms in total. The third-order valence-corrected chi connectivity index (χ3v) is 8.28. The SMILES string of the molecule is O=C(C[NH+]1CCC[C@H]1c1ccc2c(c1)OCCO2)NC12CC3CC(CC(C3)C1)C2. The van der Waals surface area contributed by atoms with E-state index in [0.29, 0.717) is 25.8 Å². The Hall–Kier alpha value is -1.75. The number of benzene rings is 1. The maximum absolute atomic E-state index is 13.1. The van der Waals surface area contributed by atoms with Crippen molar-refractivity contribution in [3.8, 4) is 11.5 Å². The molecule has 156 valence electrons. The summed E-state index contributed by atoms with van der Waals surface area (Å²) in [4.78, 5) is 14.5. The highest BCUT2D eigenvalue weighted by atomic mass is 16.6. The van der Waals surface area contributed by atoms with Gasteiger partial charge in [0.05, 0.1) is 6.54 Å². The van der Waals surface area contributed by atoms with Gasteiger partial charge in [0, 0.05) is 23.9 Å². The number of quaternary nitrogens is 1. The number of likely N-dealkylation sites (tertiary alicyclic amines) is 1. The molecule has 1 amide bonds. The average Bonchev–Trinajstić information content (AvgIpc) is 3.14. The molecule has 4 saturated carbocycles. The molecule has 29 heavy (non-hydrogen) atoms. The van der Waals surface area contributed by atoms with Crippen LogP contribution in [0.15, 0.2) is 18.2 Å². The monoisotopic (exact) mass is 397 g/mol. The maximum atomic E-state index is 13.1. The fourth-order valence-electron chi connectivity index (χ4n) is 7.61. The van der Waals surface area contributed by atoms with Gasteiger partial charge < -0.3 is 19.7 Å². The number of rotatable bonds is 4. The lowest BCUT2D eigenvalue weighted by Gasteiger charge is -2.56. The van der Waals surface area contributed by atoms with Crippen LogP contribution >= 0.6 is 0 Å². The van der Waals surface area contributed by atoms with Crippen molar-refractivity contribution in [1.82, 2.24) is 5.32 Å². The summed E-state index contributed by atoms with van der Waals surface area (Å²) in [5, 5.41) is 3.57. The Kier molecular flexibility index (Phi) is 4.30. The van der Waals surface area contributed by atoms with E-state index in [-0.39, 0.29) is 11.4 Å². The molecule has 2 heterocycles. The van der Waals surface area contributed by atoms with Crippen LogP contribution in [-0.4, -0.2) is 37.7 Å². The summed E-state index contributed by atoms with van der Waals surface area (Å²) in [5.74, 6) is 4.58.